The molecule has 1 aliphatic rings. The Morgan fingerprint density at radius 1 is 1.12 bits per heavy atom. The predicted octanol–water partition coefficient (Wildman–Crippen LogP) is 3.28. The van der Waals surface area contributed by atoms with Crippen LogP contribution in [0.3, 0.4) is 0 Å². The Kier molecular flexibility index (Phi) is 6.50. The highest BCUT2D eigenvalue weighted by Crippen LogP contribution is 2.33. The summed E-state index contributed by atoms with van der Waals surface area (Å²) in [5.41, 5.74) is 0.494. The summed E-state index contributed by atoms with van der Waals surface area (Å²) in [5, 5.41) is 3.64. The Labute approximate surface area is 108 Å². The molecule has 0 amide bonds. The van der Waals surface area contributed by atoms with Gasteiger partial charge in [0.05, 0.1) is 0 Å². The quantitative estimate of drug-likeness (QED) is 0.590. The molecule has 0 aromatic heterocycles. The summed E-state index contributed by atoms with van der Waals surface area (Å²) >= 11 is 0. The van der Waals surface area contributed by atoms with E-state index in [0.717, 1.165) is 12.6 Å². The third-order valence-corrected chi connectivity index (χ3v) is 4.43. The van der Waals surface area contributed by atoms with Crippen molar-refractivity contribution >= 4 is 0 Å². The maximum Gasteiger partial charge on any atom is 0.00965 e. The third kappa shape index (κ3) is 4.59. The van der Waals surface area contributed by atoms with Crippen molar-refractivity contribution in [3.63, 3.8) is 0 Å². The van der Waals surface area contributed by atoms with E-state index in [1.807, 2.05) is 0 Å². The zero-order valence-corrected chi connectivity index (χ0v) is 12.4. The van der Waals surface area contributed by atoms with Crippen molar-refractivity contribution in [3.8, 4) is 0 Å². The zero-order chi connectivity index (χ0) is 12.7. The zero-order valence-electron chi connectivity index (χ0n) is 12.4. The van der Waals surface area contributed by atoms with Crippen molar-refractivity contribution in [1.82, 2.24) is 10.2 Å². The topological polar surface area (TPSA) is 15.3 Å². The first-order chi connectivity index (χ1) is 8.21. The average molecular weight is 240 g/mol. The SMILES string of the molecule is CCCNCC(CC)(CC)CN(CC)C1CC1. The normalized spacial score (nSPS) is 16.8. The highest BCUT2D eigenvalue weighted by Gasteiger charge is 2.34. The first-order valence-electron chi connectivity index (χ1n) is 7.66. The molecule has 2 nitrogen and oxygen atoms in total. The minimum absolute atomic E-state index is 0.494. The maximum absolute atomic E-state index is 3.64. The molecule has 1 N–H and O–H groups in total. The van der Waals surface area contributed by atoms with E-state index in [-0.39, 0.29) is 0 Å². The molecule has 0 saturated heterocycles. The molecular weight excluding hydrogens is 208 g/mol. The molecule has 1 rings (SSSR count). The molecule has 0 aliphatic heterocycles. The number of nitrogens with zero attached hydrogens (tertiary/aromatic N) is 1. The Morgan fingerprint density at radius 3 is 2.18 bits per heavy atom. The highest BCUT2D eigenvalue weighted by molar-refractivity contribution is 4.90. The molecule has 0 aromatic rings. The van der Waals surface area contributed by atoms with E-state index in [2.05, 4.69) is 37.9 Å². The van der Waals surface area contributed by atoms with E-state index in [1.54, 1.807) is 0 Å². The van der Waals surface area contributed by atoms with E-state index < -0.39 is 0 Å². The molecule has 1 fully saturated rings. The Hall–Kier alpha value is -0.0800. The van der Waals surface area contributed by atoms with Gasteiger partial charge in [-0.25, -0.2) is 0 Å². The summed E-state index contributed by atoms with van der Waals surface area (Å²) in [7, 11) is 0. The van der Waals surface area contributed by atoms with Gasteiger partial charge in [0.2, 0.25) is 0 Å². The Balaban J connectivity index is 2.48. The molecular formula is C15H32N2. The largest absolute Gasteiger partial charge is 0.316 e. The van der Waals surface area contributed by atoms with Gasteiger partial charge in [0.25, 0.3) is 0 Å². The van der Waals surface area contributed by atoms with Crippen molar-refractivity contribution in [2.75, 3.05) is 26.2 Å². The number of hydrogen-bond acceptors (Lipinski definition) is 2. The van der Waals surface area contributed by atoms with Crippen LogP contribution in [0.2, 0.25) is 0 Å². The van der Waals surface area contributed by atoms with E-state index in [4.69, 9.17) is 0 Å². The van der Waals surface area contributed by atoms with E-state index >= 15 is 0 Å². The Morgan fingerprint density at radius 2 is 1.76 bits per heavy atom. The second kappa shape index (κ2) is 7.38. The Bertz CT molecular complexity index is 195. The molecule has 0 heterocycles. The van der Waals surface area contributed by atoms with Gasteiger partial charge < -0.3 is 10.2 Å². The van der Waals surface area contributed by atoms with Crippen molar-refractivity contribution < 1.29 is 0 Å². The van der Waals surface area contributed by atoms with Gasteiger partial charge in [-0.2, -0.15) is 0 Å². The van der Waals surface area contributed by atoms with Gasteiger partial charge in [0.15, 0.2) is 0 Å². The van der Waals surface area contributed by atoms with Crippen molar-refractivity contribution in [3.05, 3.63) is 0 Å². The summed E-state index contributed by atoms with van der Waals surface area (Å²) in [6, 6.07) is 0.906. The van der Waals surface area contributed by atoms with Crippen molar-refractivity contribution in [2.45, 2.75) is 65.8 Å². The van der Waals surface area contributed by atoms with Crippen LogP contribution in [0.1, 0.15) is 59.8 Å². The average Bonchev–Trinajstić information content (AvgIpc) is 3.18. The fraction of sp³-hybridized carbons (Fsp3) is 1.00. The van der Waals surface area contributed by atoms with Crippen molar-refractivity contribution in [1.29, 1.82) is 0 Å². The smallest absolute Gasteiger partial charge is 0.00965 e. The fourth-order valence-electron chi connectivity index (χ4n) is 2.68. The second-order valence-corrected chi connectivity index (χ2v) is 5.68. The van der Waals surface area contributed by atoms with Gasteiger partial charge in [-0.1, -0.05) is 27.7 Å². The molecule has 17 heavy (non-hydrogen) atoms. The van der Waals surface area contributed by atoms with Crippen LogP contribution >= 0.6 is 0 Å². The second-order valence-electron chi connectivity index (χ2n) is 5.68. The lowest BCUT2D eigenvalue weighted by Gasteiger charge is -2.37. The first-order valence-corrected chi connectivity index (χ1v) is 7.66. The summed E-state index contributed by atoms with van der Waals surface area (Å²) in [4.78, 5) is 2.71. The van der Waals surface area contributed by atoms with Gasteiger partial charge in [-0.3, -0.25) is 0 Å². The summed E-state index contributed by atoms with van der Waals surface area (Å²) in [6.07, 6.45) is 6.69. The maximum atomic E-state index is 3.64. The molecule has 1 saturated carbocycles. The van der Waals surface area contributed by atoms with Crippen LogP contribution in [0.15, 0.2) is 0 Å². The summed E-state index contributed by atoms with van der Waals surface area (Å²) < 4.78 is 0. The lowest BCUT2D eigenvalue weighted by atomic mass is 9.81. The van der Waals surface area contributed by atoms with E-state index in [0.29, 0.717) is 5.41 Å². The monoisotopic (exact) mass is 240 g/mol. The summed E-state index contributed by atoms with van der Waals surface area (Å²) in [6.45, 7) is 14.1. The standard InChI is InChI=1S/C15H32N2/c1-5-11-16-12-15(6-2,7-3)13-17(8-4)14-9-10-14/h14,16H,5-13H2,1-4H3. The van der Waals surface area contributed by atoms with Gasteiger partial charge in [-0.05, 0) is 50.6 Å². The molecule has 102 valence electrons. The molecule has 2 heteroatoms. The van der Waals surface area contributed by atoms with Gasteiger partial charge in [0.1, 0.15) is 0 Å². The lowest BCUT2D eigenvalue weighted by molar-refractivity contribution is 0.133. The van der Waals surface area contributed by atoms with Crippen LogP contribution < -0.4 is 5.32 Å². The fourth-order valence-corrected chi connectivity index (χ4v) is 2.68. The third-order valence-electron chi connectivity index (χ3n) is 4.43. The van der Waals surface area contributed by atoms with Crippen molar-refractivity contribution in [2.24, 2.45) is 5.41 Å². The molecule has 0 atom stereocenters. The van der Waals surface area contributed by atoms with Gasteiger partial charge in [-0.15, -0.1) is 0 Å². The minimum Gasteiger partial charge on any atom is -0.316 e. The van der Waals surface area contributed by atoms with Crippen LogP contribution in [0, 0.1) is 5.41 Å². The van der Waals surface area contributed by atoms with Crippen LogP contribution in [0.25, 0.3) is 0 Å². The van der Waals surface area contributed by atoms with E-state index in [1.165, 1.54) is 51.7 Å². The molecule has 0 unspecified atom stereocenters. The highest BCUT2D eigenvalue weighted by atomic mass is 15.2. The number of nitrogens with one attached hydrogen (secondary N) is 1. The molecule has 1 aliphatic carbocycles. The number of rotatable bonds is 10. The predicted molar refractivity (Wildman–Crippen MR) is 76.4 cm³/mol. The van der Waals surface area contributed by atoms with Crippen LogP contribution in [0.5, 0.6) is 0 Å². The minimum atomic E-state index is 0.494. The van der Waals surface area contributed by atoms with E-state index in [9.17, 15) is 0 Å². The van der Waals surface area contributed by atoms with Crippen LogP contribution in [0.4, 0.5) is 0 Å². The van der Waals surface area contributed by atoms with Gasteiger partial charge >= 0.3 is 0 Å². The molecule has 0 spiro atoms. The van der Waals surface area contributed by atoms with Gasteiger partial charge in [0, 0.05) is 19.1 Å². The molecule has 0 bridgehead atoms. The molecule has 0 aromatic carbocycles. The molecule has 0 radical (unpaired) electrons. The number of hydrogen-bond donors (Lipinski definition) is 1. The summed E-state index contributed by atoms with van der Waals surface area (Å²) in [5.74, 6) is 0. The van der Waals surface area contributed by atoms with Crippen LogP contribution in [-0.2, 0) is 0 Å². The van der Waals surface area contributed by atoms with Crippen LogP contribution in [-0.4, -0.2) is 37.1 Å². The lowest BCUT2D eigenvalue weighted by Crippen LogP contribution is -2.44. The first kappa shape index (κ1) is 15.0.